The highest BCUT2D eigenvalue weighted by Gasteiger charge is 2.30. The van der Waals surface area contributed by atoms with Crippen molar-refractivity contribution in [2.24, 2.45) is 0 Å². The van der Waals surface area contributed by atoms with Gasteiger partial charge in [-0.1, -0.05) is 6.07 Å². The molecule has 8 heteroatoms. The van der Waals surface area contributed by atoms with Crippen molar-refractivity contribution in [3.63, 3.8) is 0 Å². The molecule has 8 nitrogen and oxygen atoms in total. The summed E-state index contributed by atoms with van der Waals surface area (Å²) in [4.78, 5) is 41.4. The fourth-order valence-corrected chi connectivity index (χ4v) is 5.24. The summed E-state index contributed by atoms with van der Waals surface area (Å²) in [5.41, 5.74) is 3.78. The Morgan fingerprint density at radius 2 is 2.00 bits per heavy atom. The number of hydrogen-bond donors (Lipinski definition) is 1. The van der Waals surface area contributed by atoms with Crippen LogP contribution >= 0.6 is 0 Å². The summed E-state index contributed by atoms with van der Waals surface area (Å²) in [6.07, 6.45) is 4.29. The van der Waals surface area contributed by atoms with Crippen LogP contribution in [0.25, 0.3) is 0 Å². The molecular weight excluding hydrogens is 416 g/mol. The maximum Gasteiger partial charge on any atom is 0.253 e. The molecular formula is C25H32N6O2. The Bertz CT molecular complexity index is 1050. The van der Waals surface area contributed by atoms with Gasteiger partial charge < -0.3 is 20.0 Å². The monoisotopic (exact) mass is 448 g/mol. The van der Waals surface area contributed by atoms with Crippen LogP contribution in [0.5, 0.6) is 0 Å². The molecule has 2 amide bonds. The first kappa shape index (κ1) is 21.8. The number of anilines is 2. The number of nitrogens with zero attached hydrogens (tertiary/aromatic N) is 5. The van der Waals surface area contributed by atoms with Crippen LogP contribution in [0.2, 0.25) is 0 Å². The lowest BCUT2D eigenvalue weighted by molar-refractivity contribution is -0.117. The average molecular weight is 449 g/mol. The number of carbonyl (C=O) groups is 2. The maximum absolute atomic E-state index is 13.4. The van der Waals surface area contributed by atoms with Gasteiger partial charge in [-0.05, 0) is 44.5 Å². The maximum atomic E-state index is 13.4. The lowest BCUT2D eigenvalue weighted by atomic mass is 9.95. The van der Waals surface area contributed by atoms with E-state index >= 15 is 0 Å². The normalized spacial score (nSPS) is 21.3. The quantitative estimate of drug-likeness (QED) is 0.775. The molecule has 0 aliphatic carbocycles. The van der Waals surface area contributed by atoms with Crippen molar-refractivity contribution < 1.29 is 9.59 Å². The lowest BCUT2D eigenvalue weighted by Crippen LogP contribution is -2.40. The van der Waals surface area contributed by atoms with Gasteiger partial charge in [-0.25, -0.2) is 9.97 Å². The predicted molar refractivity (Wildman–Crippen MR) is 128 cm³/mol. The third-order valence-electron chi connectivity index (χ3n) is 7.06. The first-order valence-electron chi connectivity index (χ1n) is 12.0. The second-order valence-corrected chi connectivity index (χ2v) is 9.38. The summed E-state index contributed by atoms with van der Waals surface area (Å²) < 4.78 is 0. The molecule has 2 saturated heterocycles. The number of likely N-dealkylation sites (N-methyl/N-ethyl adjacent to an activating group) is 1. The van der Waals surface area contributed by atoms with Gasteiger partial charge in [0.1, 0.15) is 11.6 Å². The highest BCUT2D eigenvalue weighted by atomic mass is 16.2. The molecule has 5 rings (SSSR count). The van der Waals surface area contributed by atoms with Gasteiger partial charge in [0.2, 0.25) is 5.91 Å². The molecule has 2 fully saturated rings. The van der Waals surface area contributed by atoms with Gasteiger partial charge in [0, 0.05) is 75.3 Å². The van der Waals surface area contributed by atoms with Crippen LogP contribution in [0.3, 0.4) is 0 Å². The number of aromatic nitrogens is 2. The minimum absolute atomic E-state index is 0.0154. The zero-order valence-electron chi connectivity index (χ0n) is 19.5. The number of piperidine rings is 1. The van der Waals surface area contributed by atoms with E-state index in [1.54, 1.807) is 4.90 Å². The van der Waals surface area contributed by atoms with Crippen molar-refractivity contribution in [1.29, 1.82) is 0 Å². The molecule has 1 N–H and O–H groups in total. The largest absolute Gasteiger partial charge is 0.373 e. The van der Waals surface area contributed by atoms with Crippen molar-refractivity contribution >= 4 is 23.3 Å². The SMILES string of the molecule is CNc1nc([C@H]2CCCN(C(=O)c3cccc(N4CCCC4=O)c3)C2)nc2c1CN(C)CC2. The molecule has 1 atom stereocenters. The number of likely N-dealkylation sites (tertiary alicyclic amines) is 1. The third-order valence-corrected chi connectivity index (χ3v) is 7.06. The van der Waals surface area contributed by atoms with Crippen LogP contribution in [0, 0.1) is 0 Å². The van der Waals surface area contributed by atoms with Gasteiger partial charge in [-0.15, -0.1) is 0 Å². The Kier molecular flexibility index (Phi) is 6.01. The fourth-order valence-electron chi connectivity index (χ4n) is 5.24. The molecule has 174 valence electrons. The van der Waals surface area contributed by atoms with E-state index in [1.807, 2.05) is 36.2 Å². The minimum atomic E-state index is 0.0154. The van der Waals surface area contributed by atoms with Crippen LogP contribution in [-0.4, -0.2) is 71.9 Å². The zero-order chi connectivity index (χ0) is 22.9. The minimum Gasteiger partial charge on any atom is -0.373 e. The molecule has 1 aromatic heterocycles. The number of carbonyl (C=O) groups excluding carboxylic acids is 2. The van der Waals surface area contributed by atoms with E-state index in [9.17, 15) is 9.59 Å². The molecule has 0 radical (unpaired) electrons. The van der Waals surface area contributed by atoms with Crippen molar-refractivity contribution in [3.05, 3.63) is 46.9 Å². The van der Waals surface area contributed by atoms with Crippen LogP contribution in [-0.2, 0) is 17.8 Å². The second-order valence-electron chi connectivity index (χ2n) is 9.38. The van der Waals surface area contributed by atoms with Crippen LogP contribution in [0.4, 0.5) is 11.5 Å². The summed E-state index contributed by atoms with van der Waals surface area (Å²) in [5.74, 6) is 2.03. The van der Waals surface area contributed by atoms with Gasteiger partial charge in [-0.2, -0.15) is 0 Å². The van der Waals surface area contributed by atoms with Gasteiger partial charge >= 0.3 is 0 Å². The summed E-state index contributed by atoms with van der Waals surface area (Å²) in [7, 11) is 4.03. The average Bonchev–Trinajstić information content (AvgIpc) is 3.29. The molecule has 3 aliphatic rings. The second kappa shape index (κ2) is 9.09. The number of hydrogen-bond acceptors (Lipinski definition) is 6. The topological polar surface area (TPSA) is 81.7 Å². The highest BCUT2D eigenvalue weighted by molar-refractivity contribution is 5.99. The Morgan fingerprint density at radius 3 is 2.79 bits per heavy atom. The molecule has 0 saturated carbocycles. The first-order valence-corrected chi connectivity index (χ1v) is 12.0. The van der Waals surface area contributed by atoms with Crippen LogP contribution in [0.15, 0.2) is 24.3 Å². The van der Waals surface area contributed by atoms with Crippen LogP contribution < -0.4 is 10.2 Å². The Labute approximate surface area is 195 Å². The Balaban J connectivity index is 1.35. The third kappa shape index (κ3) is 4.31. The predicted octanol–water partition coefficient (Wildman–Crippen LogP) is 2.65. The lowest BCUT2D eigenvalue weighted by Gasteiger charge is -2.33. The number of fused-ring (bicyclic) bond motifs is 1. The molecule has 0 unspecified atom stereocenters. The summed E-state index contributed by atoms with van der Waals surface area (Å²) in [6.45, 7) is 3.93. The Morgan fingerprint density at radius 1 is 1.12 bits per heavy atom. The summed E-state index contributed by atoms with van der Waals surface area (Å²) in [6, 6.07) is 7.50. The van der Waals surface area contributed by atoms with Crippen molar-refractivity contribution in [2.45, 2.75) is 44.6 Å². The van der Waals surface area contributed by atoms with Gasteiger partial charge in [-0.3, -0.25) is 9.59 Å². The van der Waals surface area contributed by atoms with Crippen LogP contribution in [0.1, 0.15) is 59.0 Å². The van der Waals surface area contributed by atoms with E-state index in [1.165, 1.54) is 5.56 Å². The standard InChI is InChI=1S/C25H32N6O2/c1-26-24-20-16-29(2)13-10-21(20)27-23(28-24)18-7-4-11-30(15-18)25(33)17-6-3-8-19(14-17)31-12-5-9-22(31)32/h3,6,8,14,18H,4-5,7,9-13,15-16H2,1-2H3,(H,26,27,28)/t18-/m0/s1. The molecule has 1 aromatic carbocycles. The summed E-state index contributed by atoms with van der Waals surface area (Å²) >= 11 is 0. The molecule has 4 heterocycles. The van der Waals surface area contributed by atoms with Crippen molar-refractivity contribution in [1.82, 2.24) is 19.8 Å². The van der Waals surface area contributed by atoms with E-state index in [0.717, 1.165) is 74.9 Å². The van der Waals surface area contributed by atoms with E-state index < -0.39 is 0 Å². The summed E-state index contributed by atoms with van der Waals surface area (Å²) in [5, 5.41) is 3.26. The molecule has 2 aromatic rings. The molecule has 33 heavy (non-hydrogen) atoms. The fraction of sp³-hybridized carbons (Fsp3) is 0.520. The van der Waals surface area contributed by atoms with Gasteiger partial charge in [0.15, 0.2) is 0 Å². The molecule has 3 aliphatic heterocycles. The van der Waals surface area contributed by atoms with E-state index in [0.29, 0.717) is 18.5 Å². The first-order chi connectivity index (χ1) is 16.0. The van der Waals surface area contributed by atoms with E-state index in [2.05, 4.69) is 17.3 Å². The van der Waals surface area contributed by atoms with Gasteiger partial charge in [0.05, 0.1) is 5.69 Å². The molecule has 0 spiro atoms. The van der Waals surface area contributed by atoms with Gasteiger partial charge in [0.25, 0.3) is 5.91 Å². The van der Waals surface area contributed by atoms with Crippen molar-refractivity contribution in [2.75, 3.05) is 50.5 Å². The smallest absolute Gasteiger partial charge is 0.253 e. The molecule has 0 bridgehead atoms. The number of rotatable bonds is 4. The number of benzene rings is 1. The van der Waals surface area contributed by atoms with Crippen molar-refractivity contribution in [3.8, 4) is 0 Å². The van der Waals surface area contributed by atoms with E-state index in [-0.39, 0.29) is 17.7 Å². The van der Waals surface area contributed by atoms with E-state index in [4.69, 9.17) is 9.97 Å². The number of amides is 2. The zero-order valence-corrected chi connectivity index (χ0v) is 19.5. The number of nitrogens with one attached hydrogen (secondary N) is 1. The highest BCUT2D eigenvalue weighted by Crippen LogP contribution is 2.30. The Hall–Kier alpha value is -3.00.